The molecule has 5 heteroatoms. The van der Waals surface area contributed by atoms with Crippen LogP contribution in [-0.4, -0.2) is 14.9 Å². The number of para-hydroxylation sites is 1. The average Bonchev–Trinajstić information content (AvgIpc) is 2.56. The number of aromatic hydroxyl groups is 1. The summed E-state index contributed by atoms with van der Waals surface area (Å²) in [5, 5.41) is 17.1. The molecule has 0 saturated carbocycles. The van der Waals surface area contributed by atoms with Gasteiger partial charge in [-0.05, 0) is 13.0 Å². The number of halogens is 1. The van der Waals surface area contributed by atoms with Crippen molar-refractivity contribution in [3.8, 4) is 5.75 Å². The van der Waals surface area contributed by atoms with E-state index in [9.17, 15) is 5.11 Å². The van der Waals surface area contributed by atoms with Gasteiger partial charge in [0.25, 0.3) is 0 Å². The minimum atomic E-state index is 0. The number of hydrogen-bond donors (Lipinski definition) is 2. The van der Waals surface area contributed by atoms with Gasteiger partial charge in [0.2, 0.25) is 0 Å². The largest absolute Gasteiger partial charge is 0.508 e. The molecule has 0 spiro atoms. The molecule has 1 aromatic heterocycles. The van der Waals surface area contributed by atoms with E-state index in [4.69, 9.17) is 0 Å². The van der Waals surface area contributed by atoms with Crippen LogP contribution in [0.15, 0.2) is 30.3 Å². The Hall–Kier alpha value is -1.68. The van der Waals surface area contributed by atoms with Gasteiger partial charge in [-0.2, -0.15) is 5.10 Å². The molecule has 0 fully saturated rings. The van der Waals surface area contributed by atoms with Crippen molar-refractivity contribution in [1.29, 1.82) is 0 Å². The summed E-state index contributed by atoms with van der Waals surface area (Å²) in [5.74, 6) is 1.26. The lowest BCUT2D eigenvalue weighted by Crippen LogP contribution is -2.04. The lowest BCUT2D eigenvalue weighted by atomic mass is 10.2. The first-order valence-corrected chi connectivity index (χ1v) is 5.18. The molecule has 0 aliphatic heterocycles. The van der Waals surface area contributed by atoms with Gasteiger partial charge in [-0.15, -0.1) is 12.4 Å². The van der Waals surface area contributed by atoms with Crippen molar-refractivity contribution in [2.24, 2.45) is 7.05 Å². The lowest BCUT2D eigenvalue weighted by Gasteiger charge is -2.07. The molecule has 0 saturated heterocycles. The number of anilines is 1. The monoisotopic (exact) mass is 253 g/mol. The minimum absolute atomic E-state index is 0. The first kappa shape index (κ1) is 13.4. The molecule has 1 heterocycles. The lowest BCUT2D eigenvalue weighted by molar-refractivity contribution is 0.469. The third-order valence-corrected chi connectivity index (χ3v) is 2.45. The molecule has 0 bridgehead atoms. The number of phenols is 1. The van der Waals surface area contributed by atoms with Crippen LogP contribution in [0.4, 0.5) is 5.82 Å². The molecule has 92 valence electrons. The highest BCUT2D eigenvalue weighted by molar-refractivity contribution is 5.85. The summed E-state index contributed by atoms with van der Waals surface area (Å²) in [5.41, 5.74) is 1.85. The van der Waals surface area contributed by atoms with Crippen molar-refractivity contribution in [1.82, 2.24) is 9.78 Å². The zero-order chi connectivity index (χ0) is 11.5. The summed E-state index contributed by atoms with van der Waals surface area (Å²) >= 11 is 0. The number of aryl methyl sites for hydroxylation is 2. The van der Waals surface area contributed by atoms with E-state index < -0.39 is 0 Å². The summed E-state index contributed by atoms with van der Waals surface area (Å²) in [6.45, 7) is 2.54. The van der Waals surface area contributed by atoms with E-state index in [2.05, 4.69) is 10.4 Å². The molecule has 2 rings (SSSR count). The fourth-order valence-electron chi connectivity index (χ4n) is 1.62. The van der Waals surface area contributed by atoms with Gasteiger partial charge in [-0.3, -0.25) is 4.68 Å². The molecule has 0 aliphatic carbocycles. The van der Waals surface area contributed by atoms with E-state index >= 15 is 0 Å². The van der Waals surface area contributed by atoms with E-state index in [1.807, 2.05) is 38.2 Å². The predicted octanol–water partition coefficient (Wildman–Crippen LogP) is 2.47. The molecule has 2 aromatic rings. The van der Waals surface area contributed by atoms with Gasteiger partial charge in [-0.1, -0.05) is 18.2 Å². The second kappa shape index (κ2) is 5.59. The Labute approximate surface area is 107 Å². The van der Waals surface area contributed by atoms with E-state index in [0.717, 1.165) is 17.1 Å². The second-order valence-electron chi connectivity index (χ2n) is 3.78. The van der Waals surface area contributed by atoms with Crippen LogP contribution >= 0.6 is 12.4 Å². The fraction of sp³-hybridized carbons (Fsp3) is 0.250. The Morgan fingerprint density at radius 2 is 2.06 bits per heavy atom. The van der Waals surface area contributed by atoms with Crippen LogP contribution in [0.1, 0.15) is 11.3 Å². The molecule has 17 heavy (non-hydrogen) atoms. The van der Waals surface area contributed by atoms with Crippen molar-refractivity contribution in [2.75, 3.05) is 5.32 Å². The van der Waals surface area contributed by atoms with E-state index in [0.29, 0.717) is 12.3 Å². The number of hydrogen-bond acceptors (Lipinski definition) is 3. The summed E-state index contributed by atoms with van der Waals surface area (Å²) in [4.78, 5) is 0. The number of nitrogens with one attached hydrogen (secondary N) is 1. The Balaban J connectivity index is 0.00000144. The van der Waals surface area contributed by atoms with E-state index in [1.54, 1.807) is 10.7 Å². The highest BCUT2D eigenvalue weighted by Crippen LogP contribution is 2.17. The van der Waals surface area contributed by atoms with E-state index in [-0.39, 0.29) is 12.4 Å². The van der Waals surface area contributed by atoms with Gasteiger partial charge in [0.1, 0.15) is 11.6 Å². The summed E-state index contributed by atoms with van der Waals surface area (Å²) in [7, 11) is 1.89. The zero-order valence-electron chi connectivity index (χ0n) is 9.84. The van der Waals surface area contributed by atoms with Crippen LogP contribution in [0, 0.1) is 6.92 Å². The highest BCUT2D eigenvalue weighted by atomic mass is 35.5. The molecule has 0 amide bonds. The molecule has 1 aromatic carbocycles. The normalized spacial score (nSPS) is 9.76. The van der Waals surface area contributed by atoms with Crippen molar-refractivity contribution < 1.29 is 5.11 Å². The summed E-state index contributed by atoms with van der Waals surface area (Å²) in [6, 6.07) is 9.27. The summed E-state index contributed by atoms with van der Waals surface area (Å²) in [6.07, 6.45) is 0. The van der Waals surface area contributed by atoms with Crippen LogP contribution < -0.4 is 5.32 Å². The van der Waals surface area contributed by atoms with Crippen molar-refractivity contribution >= 4 is 18.2 Å². The first-order valence-electron chi connectivity index (χ1n) is 5.18. The SMILES string of the molecule is Cc1cc(NCc2ccccc2O)n(C)n1.Cl. The van der Waals surface area contributed by atoms with Crippen LogP contribution in [0.3, 0.4) is 0 Å². The third-order valence-electron chi connectivity index (χ3n) is 2.45. The van der Waals surface area contributed by atoms with Gasteiger partial charge in [-0.25, -0.2) is 0 Å². The van der Waals surface area contributed by atoms with Crippen molar-refractivity contribution in [2.45, 2.75) is 13.5 Å². The maximum Gasteiger partial charge on any atom is 0.124 e. The Bertz CT molecular complexity index is 496. The van der Waals surface area contributed by atoms with E-state index in [1.165, 1.54) is 0 Å². The van der Waals surface area contributed by atoms with Gasteiger partial charge in [0.15, 0.2) is 0 Å². The molecule has 0 aliphatic rings. The molecule has 0 atom stereocenters. The zero-order valence-corrected chi connectivity index (χ0v) is 10.7. The smallest absolute Gasteiger partial charge is 0.124 e. The number of aromatic nitrogens is 2. The Morgan fingerprint density at radius 3 is 2.65 bits per heavy atom. The molecule has 0 radical (unpaired) electrons. The van der Waals surface area contributed by atoms with Gasteiger partial charge < -0.3 is 10.4 Å². The highest BCUT2D eigenvalue weighted by Gasteiger charge is 2.03. The second-order valence-corrected chi connectivity index (χ2v) is 3.78. The Kier molecular flexibility index (Phi) is 4.40. The quantitative estimate of drug-likeness (QED) is 0.884. The number of benzene rings is 1. The number of rotatable bonds is 3. The molecular formula is C12H16ClN3O. The minimum Gasteiger partial charge on any atom is -0.508 e. The maximum absolute atomic E-state index is 9.60. The van der Waals surface area contributed by atoms with Crippen LogP contribution in [0.5, 0.6) is 5.75 Å². The molecule has 4 nitrogen and oxygen atoms in total. The fourth-order valence-corrected chi connectivity index (χ4v) is 1.62. The molecule has 2 N–H and O–H groups in total. The standard InChI is InChI=1S/C12H15N3O.ClH/c1-9-7-12(15(2)14-9)13-8-10-5-3-4-6-11(10)16;/h3-7,13,16H,8H2,1-2H3;1H. The van der Waals surface area contributed by atoms with Gasteiger partial charge >= 0.3 is 0 Å². The molecular weight excluding hydrogens is 238 g/mol. The maximum atomic E-state index is 9.60. The van der Waals surface area contributed by atoms with Crippen LogP contribution in [-0.2, 0) is 13.6 Å². The predicted molar refractivity (Wildman–Crippen MR) is 70.6 cm³/mol. The first-order chi connectivity index (χ1) is 7.66. The molecule has 0 unspecified atom stereocenters. The number of phenolic OH excluding ortho intramolecular Hbond substituents is 1. The van der Waals surface area contributed by atoms with Crippen LogP contribution in [0.25, 0.3) is 0 Å². The third kappa shape index (κ3) is 3.14. The van der Waals surface area contributed by atoms with Gasteiger partial charge in [0, 0.05) is 25.2 Å². The summed E-state index contributed by atoms with van der Waals surface area (Å²) < 4.78 is 1.79. The Morgan fingerprint density at radius 1 is 1.35 bits per heavy atom. The van der Waals surface area contributed by atoms with Crippen molar-refractivity contribution in [3.05, 3.63) is 41.6 Å². The van der Waals surface area contributed by atoms with Crippen LogP contribution in [0.2, 0.25) is 0 Å². The van der Waals surface area contributed by atoms with Crippen molar-refractivity contribution in [3.63, 3.8) is 0 Å². The van der Waals surface area contributed by atoms with Gasteiger partial charge in [0.05, 0.1) is 5.69 Å². The average molecular weight is 254 g/mol. The number of nitrogens with zero attached hydrogens (tertiary/aromatic N) is 2. The topological polar surface area (TPSA) is 50.1 Å².